The lowest BCUT2D eigenvalue weighted by molar-refractivity contribution is -0.122. The van der Waals surface area contributed by atoms with E-state index in [0.717, 1.165) is 11.3 Å². The first-order valence-electron chi connectivity index (χ1n) is 11.0. The van der Waals surface area contributed by atoms with Gasteiger partial charge in [0.05, 0.1) is 5.69 Å². The van der Waals surface area contributed by atoms with Crippen molar-refractivity contribution in [3.05, 3.63) is 89.7 Å². The third-order valence-corrected chi connectivity index (χ3v) is 6.08. The van der Waals surface area contributed by atoms with Crippen LogP contribution in [0.15, 0.2) is 72.8 Å². The monoisotopic (exact) mass is 445 g/mol. The Hall–Kier alpha value is -3.87. The van der Waals surface area contributed by atoms with Gasteiger partial charge in [-0.2, -0.15) is 0 Å². The number of halogens is 1. The van der Waals surface area contributed by atoms with E-state index in [4.69, 9.17) is 4.74 Å². The minimum Gasteiger partial charge on any atom is -0.480 e. The second-order valence-electron chi connectivity index (χ2n) is 8.22. The molecule has 2 aliphatic rings. The number of anilines is 2. The van der Waals surface area contributed by atoms with E-state index in [-0.39, 0.29) is 17.6 Å². The molecule has 1 unspecified atom stereocenters. The van der Waals surface area contributed by atoms with Crippen LogP contribution in [0, 0.1) is 5.82 Å². The molecule has 33 heavy (non-hydrogen) atoms. The maximum Gasteiger partial charge on any atom is 0.265 e. The Morgan fingerprint density at radius 1 is 0.909 bits per heavy atom. The molecule has 0 aromatic heterocycles. The van der Waals surface area contributed by atoms with Gasteiger partial charge in [0.1, 0.15) is 11.6 Å². The molecule has 1 saturated heterocycles. The first-order valence-corrected chi connectivity index (χ1v) is 11.0. The number of hydrogen-bond acceptors (Lipinski definition) is 4. The molecule has 0 radical (unpaired) electrons. The van der Waals surface area contributed by atoms with Crippen molar-refractivity contribution in [1.29, 1.82) is 0 Å². The topological polar surface area (TPSA) is 61.9 Å². The summed E-state index contributed by atoms with van der Waals surface area (Å²) >= 11 is 0. The third kappa shape index (κ3) is 4.39. The molecular formula is C26H24FN3O3. The van der Waals surface area contributed by atoms with Crippen molar-refractivity contribution in [1.82, 2.24) is 4.90 Å². The fourth-order valence-corrected chi connectivity index (χ4v) is 4.32. The summed E-state index contributed by atoms with van der Waals surface area (Å²) in [7, 11) is 0. The zero-order chi connectivity index (χ0) is 22.8. The number of amides is 2. The van der Waals surface area contributed by atoms with Crippen molar-refractivity contribution in [2.45, 2.75) is 12.5 Å². The quantitative estimate of drug-likeness (QED) is 0.665. The molecule has 2 aliphatic heterocycles. The first-order chi connectivity index (χ1) is 16.1. The lowest BCUT2D eigenvalue weighted by Gasteiger charge is -2.36. The molecule has 3 aromatic carbocycles. The largest absolute Gasteiger partial charge is 0.480 e. The number of fused-ring (bicyclic) bond motifs is 1. The summed E-state index contributed by atoms with van der Waals surface area (Å²) in [6.45, 7) is 2.11. The number of benzene rings is 3. The van der Waals surface area contributed by atoms with E-state index in [2.05, 4.69) is 5.32 Å². The van der Waals surface area contributed by atoms with Gasteiger partial charge < -0.3 is 19.9 Å². The highest BCUT2D eigenvalue weighted by Crippen LogP contribution is 2.29. The average Bonchev–Trinajstić information content (AvgIpc) is 3.29. The lowest BCUT2D eigenvalue weighted by atomic mass is 10.1. The van der Waals surface area contributed by atoms with Crippen molar-refractivity contribution < 1.29 is 18.7 Å². The Morgan fingerprint density at radius 2 is 1.67 bits per heavy atom. The summed E-state index contributed by atoms with van der Waals surface area (Å²) in [6, 6.07) is 21.2. The van der Waals surface area contributed by atoms with E-state index >= 15 is 0 Å². The molecule has 1 fully saturated rings. The molecule has 0 bridgehead atoms. The number of ether oxygens (including phenoxy) is 1. The Bertz CT molecular complexity index is 1170. The maximum absolute atomic E-state index is 14.1. The molecular weight excluding hydrogens is 421 g/mol. The molecule has 1 N–H and O–H groups in total. The predicted octanol–water partition coefficient (Wildman–Crippen LogP) is 3.73. The molecule has 7 heteroatoms. The van der Waals surface area contributed by atoms with Crippen LogP contribution in [-0.4, -0.2) is 49.0 Å². The number of piperazine rings is 1. The summed E-state index contributed by atoms with van der Waals surface area (Å²) in [4.78, 5) is 29.5. The number of para-hydroxylation sites is 2. The molecule has 2 amide bonds. The van der Waals surface area contributed by atoms with Crippen LogP contribution in [0.5, 0.6) is 5.75 Å². The van der Waals surface area contributed by atoms with E-state index in [1.54, 1.807) is 41.3 Å². The van der Waals surface area contributed by atoms with Gasteiger partial charge in [-0.25, -0.2) is 4.39 Å². The number of hydrogen-bond donors (Lipinski definition) is 1. The fraction of sp³-hybridized carbons (Fsp3) is 0.231. The van der Waals surface area contributed by atoms with Crippen LogP contribution in [0.3, 0.4) is 0 Å². The molecule has 5 rings (SSSR count). The normalized spacial score (nSPS) is 17.3. The van der Waals surface area contributed by atoms with Gasteiger partial charge in [0.15, 0.2) is 6.10 Å². The van der Waals surface area contributed by atoms with Crippen LogP contribution >= 0.6 is 0 Å². The van der Waals surface area contributed by atoms with Crippen LogP contribution in [0.4, 0.5) is 15.8 Å². The third-order valence-electron chi connectivity index (χ3n) is 6.08. The summed E-state index contributed by atoms with van der Waals surface area (Å²) in [5.41, 5.74) is 2.62. The smallest absolute Gasteiger partial charge is 0.265 e. The zero-order valence-electron chi connectivity index (χ0n) is 18.0. The van der Waals surface area contributed by atoms with Gasteiger partial charge in [-0.1, -0.05) is 36.4 Å². The van der Waals surface area contributed by atoms with E-state index in [0.29, 0.717) is 49.5 Å². The van der Waals surface area contributed by atoms with Crippen LogP contribution in [0.25, 0.3) is 0 Å². The fourth-order valence-electron chi connectivity index (χ4n) is 4.32. The Kier molecular flexibility index (Phi) is 5.69. The Labute approximate surface area is 191 Å². The minimum absolute atomic E-state index is 0.108. The van der Waals surface area contributed by atoms with Crippen LogP contribution in [0.2, 0.25) is 0 Å². The summed E-state index contributed by atoms with van der Waals surface area (Å²) < 4.78 is 19.8. The van der Waals surface area contributed by atoms with Crippen molar-refractivity contribution >= 4 is 23.2 Å². The number of carbonyl (C=O) groups is 2. The number of rotatable bonds is 4. The molecule has 168 valence electrons. The van der Waals surface area contributed by atoms with Gasteiger partial charge >= 0.3 is 0 Å². The van der Waals surface area contributed by atoms with Crippen molar-refractivity contribution in [2.75, 3.05) is 36.4 Å². The zero-order valence-corrected chi connectivity index (χ0v) is 18.0. The molecule has 0 spiro atoms. The number of nitrogens with zero attached hydrogens (tertiary/aromatic N) is 2. The molecule has 0 aliphatic carbocycles. The number of carbonyl (C=O) groups excluding carboxylic acids is 2. The Morgan fingerprint density at radius 3 is 2.45 bits per heavy atom. The van der Waals surface area contributed by atoms with E-state index < -0.39 is 6.10 Å². The molecule has 3 aromatic rings. The standard InChI is InChI=1S/C26H24FN3O3/c27-21-9-2-3-10-22(21)29-12-14-30(15-13-29)26(32)19-7-5-8-20(16-19)28-25(31)24-17-18-6-1-4-11-23(18)33-24/h1-11,16,24H,12-15,17H2,(H,28,31). The minimum atomic E-state index is -0.590. The van der Waals surface area contributed by atoms with E-state index in [9.17, 15) is 14.0 Å². The van der Waals surface area contributed by atoms with Crippen LogP contribution < -0.4 is 15.0 Å². The van der Waals surface area contributed by atoms with Crippen LogP contribution in [-0.2, 0) is 11.2 Å². The molecule has 0 saturated carbocycles. The highest BCUT2D eigenvalue weighted by atomic mass is 19.1. The number of nitrogens with one attached hydrogen (secondary N) is 1. The van der Waals surface area contributed by atoms with Gasteiger partial charge in [0.25, 0.3) is 11.8 Å². The highest BCUT2D eigenvalue weighted by Gasteiger charge is 2.29. The second-order valence-corrected chi connectivity index (χ2v) is 8.22. The summed E-state index contributed by atoms with van der Waals surface area (Å²) in [5.74, 6) is 0.129. The van der Waals surface area contributed by atoms with Crippen molar-refractivity contribution in [3.8, 4) is 5.75 Å². The van der Waals surface area contributed by atoms with Crippen LogP contribution in [0.1, 0.15) is 15.9 Å². The average molecular weight is 445 g/mol. The van der Waals surface area contributed by atoms with Crippen molar-refractivity contribution in [3.63, 3.8) is 0 Å². The molecule has 2 heterocycles. The highest BCUT2D eigenvalue weighted by molar-refractivity contribution is 5.98. The Balaban J connectivity index is 1.20. The van der Waals surface area contributed by atoms with E-state index in [1.807, 2.05) is 35.2 Å². The van der Waals surface area contributed by atoms with Gasteiger partial charge in [0, 0.05) is 43.9 Å². The maximum atomic E-state index is 14.1. The summed E-state index contributed by atoms with van der Waals surface area (Å²) in [6.07, 6.45) is -0.0689. The van der Waals surface area contributed by atoms with Gasteiger partial charge in [-0.15, -0.1) is 0 Å². The van der Waals surface area contributed by atoms with Gasteiger partial charge in [-0.3, -0.25) is 9.59 Å². The lowest BCUT2D eigenvalue weighted by Crippen LogP contribution is -2.49. The first kappa shape index (κ1) is 21.0. The second kappa shape index (κ2) is 8.94. The van der Waals surface area contributed by atoms with E-state index in [1.165, 1.54) is 6.07 Å². The molecule has 6 nitrogen and oxygen atoms in total. The summed E-state index contributed by atoms with van der Waals surface area (Å²) in [5, 5.41) is 2.87. The van der Waals surface area contributed by atoms with Crippen molar-refractivity contribution in [2.24, 2.45) is 0 Å². The molecule has 1 atom stereocenters. The SMILES string of the molecule is O=C(Nc1cccc(C(=O)N2CCN(c3ccccc3F)CC2)c1)C1Cc2ccccc2O1. The van der Waals surface area contributed by atoms with Gasteiger partial charge in [0.2, 0.25) is 0 Å². The predicted molar refractivity (Wildman–Crippen MR) is 124 cm³/mol. The van der Waals surface area contributed by atoms with Gasteiger partial charge in [-0.05, 0) is 42.0 Å².